The molecule has 0 aromatic heterocycles. The maximum atomic E-state index is 12.5. The number of carbonyl (C=O) groups is 1. The summed E-state index contributed by atoms with van der Waals surface area (Å²) in [6.07, 6.45) is 3.08. The lowest BCUT2D eigenvalue weighted by Crippen LogP contribution is -2.37. The second-order valence-electron chi connectivity index (χ2n) is 6.27. The molecule has 1 aliphatic heterocycles. The number of likely N-dealkylation sites (N-methyl/N-ethyl adjacent to an activating group) is 1. The third-order valence-electron chi connectivity index (χ3n) is 4.34. The predicted molar refractivity (Wildman–Crippen MR) is 96.3 cm³/mol. The lowest BCUT2D eigenvalue weighted by Gasteiger charge is -2.22. The molecule has 4 heteroatoms. The number of rotatable bonds is 5. The molecule has 126 valence electrons. The van der Waals surface area contributed by atoms with Gasteiger partial charge in [-0.3, -0.25) is 0 Å². The summed E-state index contributed by atoms with van der Waals surface area (Å²) in [4.78, 5) is 14.2. The van der Waals surface area contributed by atoms with Crippen LogP contribution in [0.2, 0.25) is 0 Å². The maximum Gasteiger partial charge on any atom is 0.321 e. The lowest BCUT2D eigenvalue weighted by molar-refractivity contribution is 0.0894. The molecular formula is C20H24N2O2. The summed E-state index contributed by atoms with van der Waals surface area (Å²) >= 11 is 0. The molecule has 2 aromatic carbocycles. The standard InChI is InChI=1S/C20H24N2O2/c1-22(15-18-11-7-13-24-18)20(23)21-19-12-6-5-10-17(19)14-16-8-3-2-4-9-16/h2-6,8-10,12,18H,7,11,13-15H2,1H3,(H,21,23)/t18-/m0/s1. The van der Waals surface area contributed by atoms with Crippen LogP contribution < -0.4 is 5.32 Å². The zero-order chi connectivity index (χ0) is 16.8. The van der Waals surface area contributed by atoms with Crippen LogP contribution in [-0.2, 0) is 11.2 Å². The number of anilines is 1. The number of carbonyl (C=O) groups excluding carboxylic acids is 1. The Kier molecular flexibility index (Phi) is 5.49. The van der Waals surface area contributed by atoms with Gasteiger partial charge in [-0.25, -0.2) is 4.79 Å². The summed E-state index contributed by atoms with van der Waals surface area (Å²) in [7, 11) is 1.82. The van der Waals surface area contributed by atoms with Crippen LogP contribution in [0.4, 0.5) is 10.5 Å². The average Bonchev–Trinajstić information content (AvgIpc) is 3.10. The highest BCUT2D eigenvalue weighted by atomic mass is 16.5. The van der Waals surface area contributed by atoms with E-state index in [9.17, 15) is 4.79 Å². The maximum absolute atomic E-state index is 12.5. The topological polar surface area (TPSA) is 41.6 Å². The fourth-order valence-corrected chi connectivity index (χ4v) is 3.00. The van der Waals surface area contributed by atoms with E-state index in [1.807, 2.05) is 43.4 Å². The number of nitrogens with one attached hydrogen (secondary N) is 1. The minimum absolute atomic E-state index is 0.0917. The van der Waals surface area contributed by atoms with Crippen LogP contribution in [0, 0.1) is 0 Å². The van der Waals surface area contributed by atoms with Crippen LogP contribution >= 0.6 is 0 Å². The van der Waals surface area contributed by atoms with E-state index in [0.717, 1.165) is 37.1 Å². The first-order valence-electron chi connectivity index (χ1n) is 8.48. The fourth-order valence-electron chi connectivity index (χ4n) is 3.00. The monoisotopic (exact) mass is 324 g/mol. The first kappa shape index (κ1) is 16.5. The molecular weight excluding hydrogens is 300 g/mol. The van der Waals surface area contributed by atoms with Crippen LogP contribution in [0.5, 0.6) is 0 Å². The fraction of sp³-hybridized carbons (Fsp3) is 0.350. The number of benzene rings is 2. The molecule has 0 saturated carbocycles. The van der Waals surface area contributed by atoms with Crippen molar-refractivity contribution in [3.63, 3.8) is 0 Å². The minimum Gasteiger partial charge on any atom is -0.376 e. The second kappa shape index (κ2) is 7.97. The van der Waals surface area contributed by atoms with Gasteiger partial charge in [-0.15, -0.1) is 0 Å². The van der Waals surface area contributed by atoms with Crippen LogP contribution in [0.3, 0.4) is 0 Å². The van der Waals surface area contributed by atoms with E-state index in [0.29, 0.717) is 6.54 Å². The van der Waals surface area contributed by atoms with Gasteiger partial charge in [-0.1, -0.05) is 48.5 Å². The number of hydrogen-bond acceptors (Lipinski definition) is 2. The third-order valence-corrected chi connectivity index (χ3v) is 4.34. The Morgan fingerprint density at radius 2 is 1.92 bits per heavy atom. The summed E-state index contributed by atoms with van der Waals surface area (Å²) in [5.74, 6) is 0. The molecule has 2 amide bonds. The quantitative estimate of drug-likeness (QED) is 0.905. The molecule has 1 fully saturated rings. The molecule has 2 aromatic rings. The lowest BCUT2D eigenvalue weighted by atomic mass is 10.0. The van der Waals surface area contributed by atoms with Crippen molar-refractivity contribution >= 4 is 11.7 Å². The summed E-state index contributed by atoms with van der Waals surface area (Å²) in [6.45, 7) is 1.44. The SMILES string of the molecule is CN(C[C@@H]1CCCO1)C(=O)Nc1ccccc1Cc1ccccc1. The van der Waals surface area contributed by atoms with Crippen LogP contribution in [-0.4, -0.2) is 37.2 Å². The van der Waals surface area contributed by atoms with Crippen molar-refractivity contribution in [2.24, 2.45) is 0 Å². The Bertz CT molecular complexity index is 666. The van der Waals surface area contributed by atoms with E-state index in [1.54, 1.807) is 4.90 Å². The molecule has 0 unspecified atom stereocenters. The number of para-hydroxylation sites is 1. The van der Waals surface area contributed by atoms with E-state index in [4.69, 9.17) is 4.74 Å². The largest absolute Gasteiger partial charge is 0.376 e. The van der Waals surface area contributed by atoms with Crippen molar-refractivity contribution in [2.75, 3.05) is 25.5 Å². The Balaban J connectivity index is 1.64. The number of ether oxygens (including phenoxy) is 1. The molecule has 0 bridgehead atoms. The zero-order valence-electron chi connectivity index (χ0n) is 14.1. The van der Waals surface area contributed by atoms with Gasteiger partial charge in [0.25, 0.3) is 0 Å². The highest BCUT2D eigenvalue weighted by Crippen LogP contribution is 2.20. The van der Waals surface area contributed by atoms with Gasteiger partial charge in [0.1, 0.15) is 0 Å². The van der Waals surface area contributed by atoms with Gasteiger partial charge in [-0.05, 0) is 36.5 Å². The molecule has 1 atom stereocenters. The van der Waals surface area contributed by atoms with Crippen LogP contribution in [0.25, 0.3) is 0 Å². The molecule has 24 heavy (non-hydrogen) atoms. The van der Waals surface area contributed by atoms with E-state index in [2.05, 4.69) is 23.5 Å². The van der Waals surface area contributed by atoms with Crippen molar-refractivity contribution in [3.05, 3.63) is 65.7 Å². The first-order valence-corrected chi connectivity index (χ1v) is 8.48. The average molecular weight is 324 g/mol. The van der Waals surface area contributed by atoms with Gasteiger partial charge in [0.2, 0.25) is 0 Å². The molecule has 0 spiro atoms. The van der Waals surface area contributed by atoms with E-state index in [-0.39, 0.29) is 12.1 Å². The number of amides is 2. The van der Waals surface area contributed by atoms with Gasteiger partial charge in [0.15, 0.2) is 0 Å². The van der Waals surface area contributed by atoms with Crippen molar-refractivity contribution in [3.8, 4) is 0 Å². The Hall–Kier alpha value is -2.33. The third kappa shape index (κ3) is 4.36. The molecule has 1 aliphatic rings. The summed E-state index contributed by atoms with van der Waals surface area (Å²) in [6, 6.07) is 18.2. The summed E-state index contributed by atoms with van der Waals surface area (Å²) in [5, 5.41) is 3.04. The number of nitrogens with zero attached hydrogens (tertiary/aromatic N) is 1. The van der Waals surface area contributed by atoms with Crippen molar-refractivity contribution < 1.29 is 9.53 Å². The molecule has 4 nitrogen and oxygen atoms in total. The van der Waals surface area contributed by atoms with Crippen molar-refractivity contribution in [1.82, 2.24) is 4.90 Å². The smallest absolute Gasteiger partial charge is 0.321 e. The summed E-state index contributed by atoms with van der Waals surface area (Å²) in [5.41, 5.74) is 3.21. The zero-order valence-corrected chi connectivity index (χ0v) is 14.1. The van der Waals surface area contributed by atoms with Gasteiger partial charge in [0, 0.05) is 25.9 Å². The Morgan fingerprint density at radius 3 is 2.67 bits per heavy atom. The Labute approximate surface area is 143 Å². The van der Waals surface area contributed by atoms with Gasteiger partial charge in [-0.2, -0.15) is 0 Å². The highest BCUT2D eigenvalue weighted by molar-refractivity contribution is 5.90. The van der Waals surface area contributed by atoms with Gasteiger partial charge >= 0.3 is 6.03 Å². The molecule has 1 heterocycles. The molecule has 0 aliphatic carbocycles. The van der Waals surface area contributed by atoms with E-state index in [1.165, 1.54) is 5.56 Å². The first-order chi connectivity index (χ1) is 11.7. The van der Waals surface area contributed by atoms with Crippen molar-refractivity contribution in [1.29, 1.82) is 0 Å². The predicted octanol–water partition coefficient (Wildman–Crippen LogP) is 3.92. The van der Waals surface area contributed by atoms with E-state index >= 15 is 0 Å². The van der Waals surface area contributed by atoms with E-state index < -0.39 is 0 Å². The number of urea groups is 1. The summed E-state index contributed by atoms with van der Waals surface area (Å²) < 4.78 is 5.61. The highest BCUT2D eigenvalue weighted by Gasteiger charge is 2.20. The molecule has 1 saturated heterocycles. The molecule has 1 N–H and O–H groups in total. The number of hydrogen-bond donors (Lipinski definition) is 1. The molecule has 0 radical (unpaired) electrons. The van der Waals surface area contributed by atoms with Crippen molar-refractivity contribution in [2.45, 2.75) is 25.4 Å². The normalized spacial score (nSPS) is 16.8. The van der Waals surface area contributed by atoms with Crippen LogP contribution in [0.1, 0.15) is 24.0 Å². The Morgan fingerprint density at radius 1 is 1.17 bits per heavy atom. The van der Waals surface area contributed by atoms with Gasteiger partial charge in [0.05, 0.1) is 6.10 Å². The second-order valence-corrected chi connectivity index (χ2v) is 6.27. The molecule has 3 rings (SSSR count). The van der Waals surface area contributed by atoms with Crippen LogP contribution in [0.15, 0.2) is 54.6 Å². The minimum atomic E-state index is -0.0917. The van der Waals surface area contributed by atoms with Gasteiger partial charge < -0.3 is 15.0 Å².